The van der Waals surface area contributed by atoms with Gasteiger partial charge in [0.25, 0.3) is 5.91 Å². The number of nitrogens with zero attached hydrogens (tertiary/aromatic N) is 4. The van der Waals surface area contributed by atoms with Crippen molar-refractivity contribution < 1.29 is 4.79 Å². The van der Waals surface area contributed by atoms with Crippen molar-refractivity contribution in [3.8, 4) is 11.3 Å². The van der Waals surface area contributed by atoms with E-state index in [-0.39, 0.29) is 5.91 Å². The fourth-order valence-corrected chi connectivity index (χ4v) is 2.15. The normalized spacial score (nSPS) is 10.4. The smallest absolute Gasteiger partial charge is 0.278 e. The van der Waals surface area contributed by atoms with E-state index in [9.17, 15) is 4.79 Å². The van der Waals surface area contributed by atoms with Gasteiger partial charge in [0.15, 0.2) is 11.5 Å². The van der Waals surface area contributed by atoms with Crippen LogP contribution in [0.1, 0.15) is 15.4 Å². The van der Waals surface area contributed by atoms with Gasteiger partial charge in [0, 0.05) is 24.0 Å². The first-order valence-corrected chi connectivity index (χ1v) is 6.57. The molecule has 0 spiro atoms. The summed E-state index contributed by atoms with van der Waals surface area (Å²) in [7, 11) is 0. The molecule has 3 heterocycles. The van der Waals surface area contributed by atoms with E-state index >= 15 is 0 Å². The Labute approximate surface area is 118 Å². The lowest BCUT2D eigenvalue weighted by atomic mass is 10.2. The predicted octanol–water partition coefficient (Wildman–Crippen LogP) is 1.88. The molecule has 20 heavy (non-hydrogen) atoms. The molecule has 0 aliphatic rings. The van der Waals surface area contributed by atoms with Gasteiger partial charge in [-0.2, -0.15) is 5.10 Å². The third-order valence-corrected chi connectivity index (χ3v) is 3.31. The van der Waals surface area contributed by atoms with Crippen molar-refractivity contribution in [2.45, 2.75) is 6.92 Å². The van der Waals surface area contributed by atoms with Crippen LogP contribution in [-0.4, -0.2) is 30.7 Å². The van der Waals surface area contributed by atoms with Gasteiger partial charge in [0.05, 0.1) is 10.6 Å². The van der Waals surface area contributed by atoms with Crippen molar-refractivity contribution >= 4 is 23.3 Å². The zero-order valence-corrected chi connectivity index (χ0v) is 11.3. The van der Waals surface area contributed by atoms with Crippen LogP contribution in [0.3, 0.4) is 0 Å². The molecule has 100 valence electrons. The number of amides is 1. The fourth-order valence-electron chi connectivity index (χ4n) is 1.68. The molecule has 0 saturated heterocycles. The minimum atomic E-state index is -0.316. The standard InChI is InChI=1S/C12H10N6OS/c1-7-11(17-18-20-7)12(19)14-10-6-9(15-16-10)8-2-4-13-5-3-8/h2-6H,1H3,(H2,14,15,16,19). The summed E-state index contributed by atoms with van der Waals surface area (Å²) in [6, 6.07) is 5.46. The van der Waals surface area contributed by atoms with Crippen molar-refractivity contribution in [2.24, 2.45) is 0 Å². The molecule has 8 heteroatoms. The lowest BCUT2D eigenvalue weighted by molar-refractivity contribution is 0.102. The van der Waals surface area contributed by atoms with Crippen LogP contribution in [0.15, 0.2) is 30.6 Å². The lowest BCUT2D eigenvalue weighted by Crippen LogP contribution is -2.13. The number of H-pyrrole nitrogens is 1. The number of carbonyl (C=O) groups excluding carboxylic acids is 1. The summed E-state index contributed by atoms with van der Waals surface area (Å²) in [6.07, 6.45) is 3.39. The third-order valence-electron chi connectivity index (χ3n) is 2.68. The SMILES string of the molecule is Cc1snnc1C(=O)Nc1cc(-c2ccncc2)[nH]n1. The zero-order valence-electron chi connectivity index (χ0n) is 10.5. The number of aromatic amines is 1. The highest BCUT2D eigenvalue weighted by molar-refractivity contribution is 7.05. The van der Waals surface area contributed by atoms with E-state index in [0.29, 0.717) is 11.5 Å². The summed E-state index contributed by atoms with van der Waals surface area (Å²) in [6.45, 7) is 1.80. The lowest BCUT2D eigenvalue weighted by Gasteiger charge is -1.97. The molecule has 0 atom stereocenters. The molecule has 0 unspecified atom stereocenters. The summed E-state index contributed by atoms with van der Waals surface area (Å²) in [4.78, 5) is 16.7. The molecule has 3 aromatic heterocycles. The molecule has 0 saturated carbocycles. The molecule has 2 N–H and O–H groups in total. The van der Waals surface area contributed by atoms with Crippen LogP contribution < -0.4 is 5.32 Å². The van der Waals surface area contributed by atoms with Crippen molar-refractivity contribution in [3.05, 3.63) is 41.2 Å². The van der Waals surface area contributed by atoms with Crippen molar-refractivity contribution in [2.75, 3.05) is 5.32 Å². The van der Waals surface area contributed by atoms with E-state index in [0.717, 1.165) is 16.1 Å². The van der Waals surface area contributed by atoms with Gasteiger partial charge in [0.1, 0.15) is 0 Å². The molecule has 0 bridgehead atoms. The Morgan fingerprint density at radius 1 is 1.35 bits per heavy atom. The quantitative estimate of drug-likeness (QED) is 0.766. The Morgan fingerprint density at radius 2 is 2.15 bits per heavy atom. The first-order chi connectivity index (χ1) is 9.74. The number of nitrogens with one attached hydrogen (secondary N) is 2. The molecule has 0 radical (unpaired) electrons. The molecule has 0 aliphatic heterocycles. The molecule has 1 amide bonds. The number of aromatic nitrogens is 5. The first kappa shape index (κ1) is 12.4. The molecule has 3 aromatic rings. The second-order valence-electron chi connectivity index (χ2n) is 4.03. The van der Waals surface area contributed by atoms with E-state index in [2.05, 4.69) is 30.1 Å². The van der Waals surface area contributed by atoms with Gasteiger partial charge < -0.3 is 5.32 Å². The average Bonchev–Trinajstić information content (AvgIpc) is 3.09. The topological polar surface area (TPSA) is 96.5 Å². The van der Waals surface area contributed by atoms with E-state index in [1.165, 1.54) is 11.5 Å². The van der Waals surface area contributed by atoms with Crippen LogP contribution in [0.4, 0.5) is 5.82 Å². The summed E-state index contributed by atoms with van der Waals surface area (Å²) in [5, 5.41) is 13.4. The molecule has 0 aliphatic carbocycles. The van der Waals surface area contributed by atoms with Crippen molar-refractivity contribution in [3.63, 3.8) is 0 Å². The fraction of sp³-hybridized carbons (Fsp3) is 0.0833. The van der Waals surface area contributed by atoms with Crippen LogP contribution in [0.2, 0.25) is 0 Å². The van der Waals surface area contributed by atoms with E-state index in [1.807, 2.05) is 12.1 Å². The second kappa shape index (κ2) is 5.17. The maximum absolute atomic E-state index is 12.0. The molecule has 7 nitrogen and oxygen atoms in total. The van der Waals surface area contributed by atoms with Crippen LogP contribution >= 0.6 is 11.5 Å². The summed E-state index contributed by atoms with van der Waals surface area (Å²) < 4.78 is 3.73. The number of rotatable bonds is 3. The summed E-state index contributed by atoms with van der Waals surface area (Å²) in [5.74, 6) is 0.123. The van der Waals surface area contributed by atoms with Gasteiger partial charge >= 0.3 is 0 Å². The maximum Gasteiger partial charge on any atom is 0.278 e. The molecule has 0 fully saturated rings. The van der Waals surface area contributed by atoms with Crippen LogP contribution in [0, 0.1) is 6.92 Å². The molecule has 0 aromatic carbocycles. The van der Waals surface area contributed by atoms with E-state index in [1.54, 1.807) is 25.4 Å². The average molecular weight is 286 g/mol. The highest BCUT2D eigenvalue weighted by atomic mass is 32.1. The van der Waals surface area contributed by atoms with Gasteiger partial charge in [-0.15, -0.1) is 5.10 Å². The molecular formula is C12H10N6OS. The highest BCUT2D eigenvalue weighted by Gasteiger charge is 2.15. The van der Waals surface area contributed by atoms with Gasteiger partial charge in [-0.25, -0.2) is 0 Å². The third kappa shape index (κ3) is 2.41. The van der Waals surface area contributed by atoms with Crippen LogP contribution in [-0.2, 0) is 0 Å². The molecule has 3 rings (SSSR count). The Hall–Kier alpha value is -2.61. The largest absolute Gasteiger partial charge is 0.304 e. The number of hydrogen-bond acceptors (Lipinski definition) is 6. The maximum atomic E-state index is 12.0. The Morgan fingerprint density at radius 3 is 2.85 bits per heavy atom. The summed E-state index contributed by atoms with van der Waals surface area (Å²) in [5.41, 5.74) is 2.07. The van der Waals surface area contributed by atoms with Gasteiger partial charge in [-0.05, 0) is 30.6 Å². The van der Waals surface area contributed by atoms with E-state index < -0.39 is 0 Å². The van der Waals surface area contributed by atoms with Gasteiger partial charge in [-0.3, -0.25) is 14.9 Å². The zero-order chi connectivity index (χ0) is 13.9. The van der Waals surface area contributed by atoms with Gasteiger partial charge in [0.2, 0.25) is 0 Å². The van der Waals surface area contributed by atoms with E-state index in [4.69, 9.17) is 0 Å². The van der Waals surface area contributed by atoms with Gasteiger partial charge in [-0.1, -0.05) is 4.49 Å². The first-order valence-electron chi connectivity index (χ1n) is 5.80. The molecular weight excluding hydrogens is 276 g/mol. The number of aryl methyl sites for hydroxylation is 1. The van der Waals surface area contributed by atoms with Crippen molar-refractivity contribution in [1.82, 2.24) is 24.8 Å². The predicted molar refractivity (Wildman–Crippen MR) is 74.4 cm³/mol. The highest BCUT2D eigenvalue weighted by Crippen LogP contribution is 2.19. The summed E-state index contributed by atoms with van der Waals surface area (Å²) >= 11 is 1.19. The van der Waals surface area contributed by atoms with Crippen molar-refractivity contribution in [1.29, 1.82) is 0 Å². The number of carbonyl (C=O) groups is 1. The Kier molecular flexibility index (Phi) is 3.21. The Balaban J connectivity index is 1.78. The number of hydrogen-bond donors (Lipinski definition) is 2. The number of anilines is 1. The minimum absolute atomic E-state index is 0.316. The number of pyridine rings is 1. The van der Waals surface area contributed by atoms with Crippen LogP contribution in [0.25, 0.3) is 11.3 Å². The minimum Gasteiger partial charge on any atom is -0.304 e. The second-order valence-corrected chi connectivity index (χ2v) is 4.99. The Bertz CT molecular complexity index is 735. The monoisotopic (exact) mass is 286 g/mol. The van der Waals surface area contributed by atoms with Crippen LogP contribution in [0.5, 0.6) is 0 Å².